The van der Waals surface area contributed by atoms with Gasteiger partial charge in [-0.05, 0) is 30.5 Å². The average Bonchev–Trinajstić information content (AvgIpc) is 2.65. The van der Waals surface area contributed by atoms with Crippen LogP contribution in [-0.4, -0.2) is 11.9 Å². The van der Waals surface area contributed by atoms with Crippen molar-refractivity contribution in [3.63, 3.8) is 0 Å². The fourth-order valence-electron chi connectivity index (χ4n) is 2.81. The second-order valence-electron chi connectivity index (χ2n) is 5.67. The van der Waals surface area contributed by atoms with Gasteiger partial charge in [0, 0.05) is 15.8 Å². The Labute approximate surface area is 129 Å². The second-order valence-corrected chi connectivity index (χ2v) is 6.67. The van der Waals surface area contributed by atoms with Crippen LogP contribution in [0.1, 0.15) is 44.1 Å². The molecule has 0 atom stereocenters. The smallest absolute Gasteiger partial charge is 0.0717 e. The predicted molar refractivity (Wildman–Crippen MR) is 85.0 cm³/mol. The molecule has 0 aromatic heterocycles. The third kappa shape index (κ3) is 4.77. The number of hydrogen-bond acceptors (Lipinski definition) is 1. The molecule has 0 bridgehead atoms. The summed E-state index contributed by atoms with van der Waals surface area (Å²) in [5.41, 5.74) is 1.50. The average molecular weight is 346 g/mol. The van der Waals surface area contributed by atoms with Crippen LogP contribution in [0.4, 0.5) is 0 Å². The molecule has 1 aliphatic rings. The van der Waals surface area contributed by atoms with Gasteiger partial charge in [0.15, 0.2) is 0 Å². The van der Waals surface area contributed by atoms with E-state index in [1.165, 1.54) is 38.5 Å². The zero-order chi connectivity index (χ0) is 13.6. The molecule has 1 saturated carbocycles. The van der Waals surface area contributed by atoms with Gasteiger partial charge < -0.3 is 4.74 Å². The molecule has 0 radical (unpaired) electrons. The molecule has 0 N–H and O–H groups in total. The molecule has 0 aliphatic heterocycles. The number of benzene rings is 1. The van der Waals surface area contributed by atoms with Gasteiger partial charge in [-0.15, -0.1) is 0 Å². The highest BCUT2D eigenvalue weighted by Crippen LogP contribution is 2.37. The molecule has 1 aliphatic carbocycles. The van der Waals surface area contributed by atoms with Crippen molar-refractivity contribution in [3.8, 4) is 0 Å². The number of halogens is 2. The molecule has 1 aromatic rings. The summed E-state index contributed by atoms with van der Waals surface area (Å²) in [4.78, 5) is 0. The summed E-state index contributed by atoms with van der Waals surface area (Å²) in [7, 11) is 0. The van der Waals surface area contributed by atoms with Crippen LogP contribution in [0.15, 0.2) is 24.3 Å². The Bertz CT molecular complexity index is 386. The van der Waals surface area contributed by atoms with E-state index in [0.29, 0.717) is 12.0 Å². The molecule has 0 heterocycles. The molecule has 3 heteroatoms. The molecule has 1 fully saturated rings. The molecular formula is C16H22BrClO. The van der Waals surface area contributed by atoms with Crippen LogP contribution in [0, 0.1) is 5.41 Å². The maximum atomic E-state index is 5.99. The second kappa shape index (κ2) is 7.66. The Kier molecular flexibility index (Phi) is 6.18. The third-order valence-corrected chi connectivity index (χ3v) is 5.44. The van der Waals surface area contributed by atoms with Crippen LogP contribution in [0.3, 0.4) is 0 Å². The number of rotatable bonds is 5. The van der Waals surface area contributed by atoms with Gasteiger partial charge in [-0.2, -0.15) is 0 Å². The first-order valence-electron chi connectivity index (χ1n) is 7.12. The van der Waals surface area contributed by atoms with E-state index in [1.807, 2.05) is 18.2 Å². The van der Waals surface area contributed by atoms with E-state index in [9.17, 15) is 0 Å². The first-order valence-corrected chi connectivity index (χ1v) is 8.62. The molecule has 0 amide bonds. The van der Waals surface area contributed by atoms with Gasteiger partial charge in [-0.1, -0.05) is 65.3 Å². The van der Waals surface area contributed by atoms with E-state index in [1.54, 1.807) is 0 Å². The molecule has 0 unspecified atom stereocenters. The van der Waals surface area contributed by atoms with E-state index in [2.05, 4.69) is 22.0 Å². The molecule has 1 aromatic carbocycles. The highest BCUT2D eigenvalue weighted by Gasteiger charge is 2.30. The predicted octanol–water partition coefficient (Wildman–Crippen LogP) is 5.59. The molecule has 0 saturated heterocycles. The Morgan fingerprint density at radius 3 is 2.53 bits per heavy atom. The van der Waals surface area contributed by atoms with Crippen LogP contribution in [0.2, 0.25) is 5.02 Å². The summed E-state index contributed by atoms with van der Waals surface area (Å²) >= 11 is 9.69. The quantitative estimate of drug-likeness (QED) is 0.499. The first-order chi connectivity index (χ1) is 9.24. The lowest BCUT2D eigenvalue weighted by Crippen LogP contribution is -2.28. The lowest BCUT2D eigenvalue weighted by molar-refractivity contribution is 0.0374. The highest BCUT2D eigenvalue weighted by atomic mass is 79.9. The summed E-state index contributed by atoms with van der Waals surface area (Å²) in [5.74, 6) is 0. The lowest BCUT2D eigenvalue weighted by atomic mass is 9.83. The van der Waals surface area contributed by atoms with Crippen molar-refractivity contribution in [2.45, 2.75) is 45.1 Å². The van der Waals surface area contributed by atoms with E-state index in [0.717, 1.165) is 22.5 Å². The zero-order valence-corrected chi connectivity index (χ0v) is 13.7. The summed E-state index contributed by atoms with van der Waals surface area (Å²) < 4.78 is 5.98. The molecular weight excluding hydrogens is 324 g/mol. The Hall–Kier alpha value is -0.0500. The van der Waals surface area contributed by atoms with Crippen molar-refractivity contribution in [1.82, 2.24) is 0 Å². The topological polar surface area (TPSA) is 9.23 Å². The van der Waals surface area contributed by atoms with E-state index < -0.39 is 0 Å². The highest BCUT2D eigenvalue weighted by molar-refractivity contribution is 9.09. The van der Waals surface area contributed by atoms with Gasteiger partial charge in [-0.25, -0.2) is 0 Å². The normalized spacial score (nSPS) is 19.1. The number of hydrogen-bond donors (Lipinski definition) is 0. The van der Waals surface area contributed by atoms with Crippen LogP contribution in [-0.2, 0) is 11.3 Å². The Morgan fingerprint density at radius 2 is 1.89 bits per heavy atom. The van der Waals surface area contributed by atoms with Gasteiger partial charge in [0.05, 0.1) is 13.2 Å². The van der Waals surface area contributed by atoms with Crippen molar-refractivity contribution in [2.75, 3.05) is 11.9 Å². The van der Waals surface area contributed by atoms with Crippen LogP contribution in [0.5, 0.6) is 0 Å². The van der Waals surface area contributed by atoms with Crippen molar-refractivity contribution in [2.24, 2.45) is 5.41 Å². The van der Waals surface area contributed by atoms with E-state index >= 15 is 0 Å². The minimum Gasteiger partial charge on any atom is -0.376 e. The summed E-state index contributed by atoms with van der Waals surface area (Å²) in [6.45, 7) is 1.51. The minimum absolute atomic E-state index is 0.342. The number of ether oxygens (including phenoxy) is 1. The Balaban J connectivity index is 1.85. The molecule has 2 rings (SSSR count). The fraction of sp³-hybridized carbons (Fsp3) is 0.625. The van der Waals surface area contributed by atoms with Crippen molar-refractivity contribution < 1.29 is 4.74 Å². The number of alkyl halides is 1. The molecule has 106 valence electrons. The fourth-order valence-corrected chi connectivity index (χ4v) is 3.74. The SMILES string of the molecule is Clc1cccc(COCC2(CBr)CCCCCC2)c1. The van der Waals surface area contributed by atoms with Crippen LogP contribution in [0.25, 0.3) is 0 Å². The summed E-state index contributed by atoms with van der Waals surface area (Å²) in [6, 6.07) is 7.93. The maximum absolute atomic E-state index is 5.99. The van der Waals surface area contributed by atoms with Crippen LogP contribution < -0.4 is 0 Å². The van der Waals surface area contributed by atoms with Crippen LogP contribution >= 0.6 is 27.5 Å². The van der Waals surface area contributed by atoms with Gasteiger partial charge in [0.25, 0.3) is 0 Å². The molecule has 19 heavy (non-hydrogen) atoms. The third-order valence-electron chi connectivity index (χ3n) is 4.01. The Morgan fingerprint density at radius 1 is 1.16 bits per heavy atom. The zero-order valence-electron chi connectivity index (χ0n) is 11.3. The van der Waals surface area contributed by atoms with Gasteiger partial charge >= 0.3 is 0 Å². The first kappa shape index (κ1) is 15.3. The minimum atomic E-state index is 0.342. The maximum Gasteiger partial charge on any atom is 0.0717 e. The van der Waals surface area contributed by atoms with Gasteiger partial charge in [0.1, 0.15) is 0 Å². The lowest BCUT2D eigenvalue weighted by Gasteiger charge is -2.30. The van der Waals surface area contributed by atoms with E-state index in [-0.39, 0.29) is 0 Å². The van der Waals surface area contributed by atoms with E-state index in [4.69, 9.17) is 16.3 Å². The van der Waals surface area contributed by atoms with Crippen molar-refractivity contribution in [1.29, 1.82) is 0 Å². The largest absolute Gasteiger partial charge is 0.376 e. The molecule has 0 spiro atoms. The van der Waals surface area contributed by atoms with Crippen molar-refractivity contribution >= 4 is 27.5 Å². The van der Waals surface area contributed by atoms with Gasteiger partial charge in [0.2, 0.25) is 0 Å². The van der Waals surface area contributed by atoms with Gasteiger partial charge in [-0.3, -0.25) is 0 Å². The van der Waals surface area contributed by atoms with Crippen molar-refractivity contribution in [3.05, 3.63) is 34.9 Å². The summed E-state index contributed by atoms with van der Waals surface area (Å²) in [6.07, 6.45) is 8.01. The monoisotopic (exact) mass is 344 g/mol. The molecule has 1 nitrogen and oxygen atoms in total. The standard InChI is InChI=1S/C16H22BrClO/c17-12-16(8-3-1-2-4-9-16)13-19-11-14-6-5-7-15(18)10-14/h5-7,10H,1-4,8-9,11-13H2. The summed E-state index contributed by atoms with van der Waals surface area (Å²) in [5, 5.41) is 1.83.